The maximum Gasteiger partial charge on any atom is 1.00 e. The molecule has 0 unspecified atom stereocenters. The Kier molecular flexibility index (Phi) is 19.1. The van der Waals surface area contributed by atoms with Crippen LogP contribution in [0.2, 0.25) is 19.6 Å². The van der Waals surface area contributed by atoms with Crippen molar-refractivity contribution >= 4 is 8.07 Å². The Labute approximate surface area is 153 Å². The first-order valence-corrected chi connectivity index (χ1v) is 11.2. The van der Waals surface area contributed by atoms with Gasteiger partial charge in [0.05, 0.1) is 0 Å². The minimum absolute atomic E-state index is 0. The molecule has 0 aliphatic rings. The summed E-state index contributed by atoms with van der Waals surface area (Å²) in [5.41, 5.74) is 6.80. The molecule has 0 saturated heterocycles. The Bertz CT molecular complexity index is 275. The van der Waals surface area contributed by atoms with Gasteiger partial charge < -0.3 is 22.9 Å². The summed E-state index contributed by atoms with van der Waals surface area (Å²) < 4.78 is 0. The molecule has 0 spiro atoms. The monoisotopic (exact) mass is 278 g/mol. The fraction of sp³-hybridized carbons (Fsp3) is 0.765. The van der Waals surface area contributed by atoms with E-state index in [2.05, 4.69) is 52.2 Å². The molecule has 0 aliphatic carbocycles. The van der Waals surface area contributed by atoms with Crippen LogP contribution in [0, 0.1) is 11.8 Å². The van der Waals surface area contributed by atoms with Crippen molar-refractivity contribution < 1.29 is 37.7 Å². The number of rotatable bonds is 9. The van der Waals surface area contributed by atoms with Crippen molar-refractivity contribution in [2.75, 3.05) is 0 Å². The van der Waals surface area contributed by atoms with E-state index in [1.807, 2.05) is 0 Å². The molecule has 0 fully saturated rings. The first-order chi connectivity index (χ1) is 8.44. The molecule has 0 radical (unpaired) electrons. The van der Waals surface area contributed by atoms with E-state index in [-0.39, 0.29) is 37.7 Å². The summed E-state index contributed by atoms with van der Waals surface area (Å²) in [4.78, 5) is 0. The van der Waals surface area contributed by atoms with Gasteiger partial charge in [-0.15, -0.1) is 19.3 Å². The van der Waals surface area contributed by atoms with Gasteiger partial charge in [-0.05, 0) is 8.07 Å². The Morgan fingerprint density at radius 2 is 1.40 bits per heavy atom. The Morgan fingerprint density at radius 3 is 1.80 bits per heavy atom. The number of hydrogen-bond acceptors (Lipinski definition) is 0. The van der Waals surface area contributed by atoms with E-state index in [1.165, 1.54) is 49.7 Å². The second-order valence-corrected chi connectivity index (χ2v) is 10.9. The van der Waals surface area contributed by atoms with Gasteiger partial charge in [0.2, 0.25) is 0 Å². The van der Waals surface area contributed by atoms with Crippen LogP contribution in [0.1, 0.15) is 65.7 Å². The van der Waals surface area contributed by atoms with Crippen molar-refractivity contribution in [2.45, 2.75) is 85.4 Å². The van der Waals surface area contributed by atoms with Gasteiger partial charge >= 0.3 is 37.7 Å². The maximum atomic E-state index is 3.84. The van der Waals surface area contributed by atoms with E-state index in [1.54, 1.807) is 0 Å². The van der Waals surface area contributed by atoms with E-state index >= 15 is 0 Å². The second kappa shape index (κ2) is 14.8. The molecule has 0 nitrogen and oxygen atoms in total. The van der Waals surface area contributed by atoms with Gasteiger partial charge in [0, 0.05) is 0 Å². The van der Waals surface area contributed by atoms with E-state index < -0.39 is 8.07 Å². The minimum atomic E-state index is -1.25. The zero-order valence-corrected chi connectivity index (χ0v) is 16.4. The van der Waals surface area contributed by atoms with Crippen LogP contribution in [0.5, 0.6) is 0 Å². The molecule has 0 aromatic rings. The predicted molar refractivity (Wildman–Crippen MR) is 86.2 cm³/mol. The third-order valence-electron chi connectivity index (χ3n) is 2.76. The Hall–Kier alpha value is 0.892. The molecule has 0 amide bonds. The molecule has 0 N–H and O–H groups in total. The van der Waals surface area contributed by atoms with Crippen molar-refractivity contribution in [2.24, 2.45) is 0 Å². The topological polar surface area (TPSA) is 0 Å². The fourth-order valence-electron chi connectivity index (χ4n) is 1.97. The molecule has 0 aromatic carbocycles. The van der Waals surface area contributed by atoms with Gasteiger partial charge in [-0.3, -0.25) is 0 Å². The van der Waals surface area contributed by atoms with E-state index in [9.17, 15) is 0 Å². The SMILES string of the molecule is CCC[C-]=C(CCC)C(=[C-][Si](C)(C)C)CCCC.[Li+].[Li+]. The number of hydrogen-bond donors (Lipinski definition) is 0. The van der Waals surface area contributed by atoms with Crippen LogP contribution in [0.4, 0.5) is 0 Å². The zero-order chi connectivity index (χ0) is 14.0. The van der Waals surface area contributed by atoms with Gasteiger partial charge in [0.1, 0.15) is 0 Å². The molecule has 0 saturated carbocycles. The fourth-order valence-corrected chi connectivity index (χ4v) is 3.15. The van der Waals surface area contributed by atoms with Crippen molar-refractivity contribution in [3.05, 3.63) is 22.9 Å². The van der Waals surface area contributed by atoms with Gasteiger partial charge in [-0.25, -0.2) is 0 Å². The van der Waals surface area contributed by atoms with Crippen LogP contribution in [-0.4, -0.2) is 8.07 Å². The average Bonchev–Trinajstić information content (AvgIpc) is 2.28. The summed E-state index contributed by atoms with van der Waals surface area (Å²) in [5.74, 6) is 0. The molecule has 0 heterocycles. The van der Waals surface area contributed by atoms with Crippen LogP contribution in [0.15, 0.2) is 11.1 Å². The largest absolute Gasteiger partial charge is 1.00 e. The predicted octanol–water partition coefficient (Wildman–Crippen LogP) is 0.121. The van der Waals surface area contributed by atoms with E-state index in [0.29, 0.717) is 0 Å². The summed E-state index contributed by atoms with van der Waals surface area (Å²) in [5, 5.41) is 0. The Morgan fingerprint density at radius 1 is 0.800 bits per heavy atom. The smallest absolute Gasteiger partial charge is 0.377 e. The molecule has 0 rings (SSSR count). The molecular formula is C17H32Li2Si. The quantitative estimate of drug-likeness (QED) is 0.319. The third-order valence-corrected chi connectivity index (χ3v) is 3.81. The third kappa shape index (κ3) is 13.9. The summed E-state index contributed by atoms with van der Waals surface area (Å²) in [7, 11) is -1.25. The van der Waals surface area contributed by atoms with Crippen molar-refractivity contribution in [3.8, 4) is 0 Å². The maximum absolute atomic E-state index is 3.84. The zero-order valence-electron chi connectivity index (χ0n) is 15.4. The average molecular weight is 278 g/mol. The van der Waals surface area contributed by atoms with Crippen LogP contribution < -0.4 is 37.7 Å². The molecule has 0 bridgehead atoms. The van der Waals surface area contributed by atoms with Gasteiger partial charge in [-0.1, -0.05) is 66.1 Å². The molecule has 0 atom stereocenters. The molecule has 106 valence electrons. The summed E-state index contributed by atoms with van der Waals surface area (Å²) in [6.07, 6.45) is 12.1. The van der Waals surface area contributed by atoms with Crippen LogP contribution in [0.3, 0.4) is 0 Å². The Balaban J connectivity index is -0.00000144. The summed E-state index contributed by atoms with van der Waals surface area (Å²) in [6.45, 7) is 13.9. The van der Waals surface area contributed by atoms with Gasteiger partial charge in [0.15, 0.2) is 0 Å². The van der Waals surface area contributed by atoms with E-state index in [0.717, 1.165) is 6.42 Å². The van der Waals surface area contributed by atoms with E-state index in [4.69, 9.17) is 0 Å². The molecule has 0 aliphatic heterocycles. The second-order valence-electron chi connectivity index (χ2n) is 6.11. The molecule has 0 aromatic heterocycles. The minimum Gasteiger partial charge on any atom is -0.377 e. The standard InChI is InChI=1S/C17H32Si.2Li/c1-7-10-13-16(12-9-3)17(14-11-8-2)15-18(4,5)6;;/h7-12,14H2,1-6H3;;/q-2;2*+1. The number of unbranched alkanes of at least 4 members (excludes halogenated alkanes) is 2. The van der Waals surface area contributed by atoms with Gasteiger partial charge in [0.25, 0.3) is 0 Å². The summed E-state index contributed by atoms with van der Waals surface area (Å²) in [6, 6.07) is 0. The molecule has 3 heteroatoms. The van der Waals surface area contributed by atoms with Crippen molar-refractivity contribution in [1.82, 2.24) is 0 Å². The first kappa shape index (κ1) is 25.8. The molecular weight excluding hydrogens is 246 g/mol. The first-order valence-electron chi connectivity index (χ1n) is 7.68. The normalized spacial score (nSPS) is 12.7. The van der Waals surface area contributed by atoms with Crippen molar-refractivity contribution in [1.29, 1.82) is 0 Å². The van der Waals surface area contributed by atoms with Crippen LogP contribution in [0.25, 0.3) is 0 Å². The number of allylic oxidation sites excluding steroid dienone is 3. The van der Waals surface area contributed by atoms with Gasteiger partial charge in [-0.2, -0.15) is 0 Å². The van der Waals surface area contributed by atoms with Crippen molar-refractivity contribution in [3.63, 3.8) is 0 Å². The van der Waals surface area contributed by atoms with Crippen LogP contribution in [-0.2, 0) is 0 Å². The molecule has 20 heavy (non-hydrogen) atoms. The summed E-state index contributed by atoms with van der Waals surface area (Å²) >= 11 is 0. The van der Waals surface area contributed by atoms with Crippen LogP contribution >= 0.6 is 0 Å².